The maximum atomic E-state index is 10.6. The Bertz CT molecular complexity index is 424. The van der Waals surface area contributed by atoms with Crippen molar-refractivity contribution in [2.45, 2.75) is 85.2 Å². The molecule has 0 radical (unpaired) electrons. The van der Waals surface area contributed by atoms with Gasteiger partial charge in [-0.3, -0.25) is 0 Å². The lowest BCUT2D eigenvalue weighted by Gasteiger charge is -2.38. The van der Waals surface area contributed by atoms with Crippen molar-refractivity contribution in [1.29, 1.82) is 0 Å². The summed E-state index contributed by atoms with van der Waals surface area (Å²) < 4.78 is 0. The second kappa shape index (κ2) is 6.28. The molecule has 1 nitrogen and oxygen atoms in total. The first-order chi connectivity index (χ1) is 9.72. The van der Waals surface area contributed by atoms with Gasteiger partial charge in [0.25, 0.3) is 0 Å². The Morgan fingerprint density at radius 3 is 2.43 bits per heavy atom. The molecule has 2 aliphatic rings. The van der Waals surface area contributed by atoms with Crippen LogP contribution >= 0.6 is 0 Å². The van der Waals surface area contributed by atoms with Crippen LogP contribution in [-0.4, -0.2) is 10.7 Å². The van der Waals surface area contributed by atoms with Gasteiger partial charge in [-0.05, 0) is 89.9 Å². The summed E-state index contributed by atoms with van der Waals surface area (Å²) >= 11 is 0. The van der Waals surface area contributed by atoms with Crippen LogP contribution in [0.25, 0.3) is 0 Å². The second-order valence-corrected chi connectivity index (χ2v) is 8.44. The quantitative estimate of drug-likeness (QED) is 0.619. The Morgan fingerprint density at radius 2 is 1.76 bits per heavy atom. The molecule has 1 saturated carbocycles. The minimum atomic E-state index is -0.543. The Morgan fingerprint density at radius 1 is 1.10 bits per heavy atom. The molecule has 2 rings (SSSR count). The summed E-state index contributed by atoms with van der Waals surface area (Å²) in [6.07, 6.45) is 13.4. The molecule has 0 aromatic rings. The molecule has 0 aliphatic heterocycles. The molecule has 21 heavy (non-hydrogen) atoms. The summed E-state index contributed by atoms with van der Waals surface area (Å²) in [6.45, 7) is 11.0. The molecule has 0 aromatic carbocycles. The third-order valence-corrected chi connectivity index (χ3v) is 6.11. The van der Waals surface area contributed by atoms with E-state index in [0.29, 0.717) is 17.3 Å². The van der Waals surface area contributed by atoms with Gasteiger partial charge in [0, 0.05) is 0 Å². The number of allylic oxidation sites excluding steroid dienone is 4. The lowest BCUT2D eigenvalue weighted by Crippen LogP contribution is -2.37. The maximum Gasteiger partial charge on any atom is 0.0622 e. The van der Waals surface area contributed by atoms with Crippen molar-refractivity contribution in [2.24, 2.45) is 17.3 Å². The molecule has 1 N–H and O–H groups in total. The first-order valence-electron chi connectivity index (χ1n) is 8.76. The summed E-state index contributed by atoms with van der Waals surface area (Å²) in [6, 6.07) is 0. The number of hydrogen-bond donors (Lipinski definition) is 1. The van der Waals surface area contributed by atoms with Gasteiger partial charge in [-0.25, -0.2) is 0 Å². The van der Waals surface area contributed by atoms with E-state index in [1.807, 2.05) is 13.8 Å². The zero-order valence-corrected chi connectivity index (χ0v) is 14.7. The minimum Gasteiger partial charge on any atom is -0.390 e. The van der Waals surface area contributed by atoms with E-state index >= 15 is 0 Å². The number of hydrogen-bond acceptors (Lipinski definition) is 1. The highest BCUT2D eigenvalue weighted by Gasteiger charge is 2.48. The van der Waals surface area contributed by atoms with Gasteiger partial charge in [-0.15, -0.1) is 0 Å². The fraction of sp³-hybridized carbons (Fsp3) is 0.800. The highest BCUT2D eigenvalue weighted by atomic mass is 16.3. The zero-order chi connectivity index (χ0) is 15.7. The molecule has 0 unspecified atom stereocenters. The predicted octanol–water partition coefficient (Wildman–Crippen LogP) is 5.65. The SMILES string of the molecule is CC1=CC[C@@]2(C)CC[C@H](C(C)(C)O)[C@@H]2CC/C(C)=C/CC1. The standard InChI is InChI=1S/C20H34O/c1-15-7-6-8-16(2)11-13-20(5)14-12-17(19(3,4)21)18(20)10-9-15/h7,11,17-18,21H,6,8-10,12-14H2,1-5H3/b15-7+,16-11?/t17-,18-,20-/m0/s1. The van der Waals surface area contributed by atoms with Crippen LogP contribution in [0.15, 0.2) is 23.3 Å². The van der Waals surface area contributed by atoms with E-state index in [4.69, 9.17) is 0 Å². The van der Waals surface area contributed by atoms with Crippen LogP contribution in [0, 0.1) is 17.3 Å². The fourth-order valence-corrected chi connectivity index (χ4v) is 4.55. The van der Waals surface area contributed by atoms with Gasteiger partial charge in [0.2, 0.25) is 0 Å². The molecule has 120 valence electrons. The van der Waals surface area contributed by atoms with Crippen molar-refractivity contribution in [3.8, 4) is 0 Å². The van der Waals surface area contributed by atoms with E-state index in [0.717, 1.165) is 0 Å². The number of rotatable bonds is 1. The van der Waals surface area contributed by atoms with E-state index in [-0.39, 0.29) is 0 Å². The van der Waals surface area contributed by atoms with Crippen LogP contribution in [0.2, 0.25) is 0 Å². The van der Waals surface area contributed by atoms with Gasteiger partial charge >= 0.3 is 0 Å². The van der Waals surface area contributed by atoms with Gasteiger partial charge in [0.05, 0.1) is 5.60 Å². The van der Waals surface area contributed by atoms with Crippen LogP contribution in [0.5, 0.6) is 0 Å². The molecule has 0 spiro atoms. The molecule has 1 heteroatoms. The average Bonchev–Trinajstić information content (AvgIpc) is 2.70. The van der Waals surface area contributed by atoms with Gasteiger partial charge in [0.15, 0.2) is 0 Å². The monoisotopic (exact) mass is 290 g/mol. The van der Waals surface area contributed by atoms with Gasteiger partial charge < -0.3 is 5.11 Å². The van der Waals surface area contributed by atoms with Crippen LogP contribution < -0.4 is 0 Å². The summed E-state index contributed by atoms with van der Waals surface area (Å²) in [5.41, 5.74) is 2.90. The predicted molar refractivity (Wildman–Crippen MR) is 91.2 cm³/mol. The van der Waals surface area contributed by atoms with Gasteiger partial charge in [-0.1, -0.05) is 30.2 Å². The molecule has 0 aromatic heterocycles. The smallest absolute Gasteiger partial charge is 0.0622 e. The van der Waals surface area contributed by atoms with E-state index in [2.05, 4.69) is 32.9 Å². The van der Waals surface area contributed by atoms with Crippen molar-refractivity contribution in [3.05, 3.63) is 23.3 Å². The molecule has 3 atom stereocenters. The summed E-state index contributed by atoms with van der Waals surface area (Å²) in [4.78, 5) is 0. The molecular weight excluding hydrogens is 256 g/mol. The summed E-state index contributed by atoms with van der Waals surface area (Å²) in [5.74, 6) is 1.09. The van der Waals surface area contributed by atoms with E-state index < -0.39 is 5.60 Å². The molecule has 2 aliphatic carbocycles. The molecular formula is C20H34O. The zero-order valence-electron chi connectivity index (χ0n) is 14.7. The van der Waals surface area contributed by atoms with Crippen molar-refractivity contribution in [2.75, 3.05) is 0 Å². The average molecular weight is 290 g/mol. The first kappa shape index (κ1) is 16.8. The molecule has 0 heterocycles. The lowest BCUT2D eigenvalue weighted by atomic mass is 9.69. The van der Waals surface area contributed by atoms with E-state index in [1.54, 1.807) is 0 Å². The van der Waals surface area contributed by atoms with E-state index in [1.165, 1.54) is 56.1 Å². The third-order valence-electron chi connectivity index (χ3n) is 6.11. The Balaban J connectivity index is 2.28. The molecule has 0 saturated heterocycles. The Kier molecular flexibility index (Phi) is 5.03. The van der Waals surface area contributed by atoms with Crippen molar-refractivity contribution in [3.63, 3.8) is 0 Å². The van der Waals surface area contributed by atoms with E-state index in [9.17, 15) is 5.11 Å². The molecule has 0 bridgehead atoms. The van der Waals surface area contributed by atoms with Crippen LogP contribution in [0.3, 0.4) is 0 Å². The lowest BCUT2D eigenvalue weighted by molar-refractivity contribution is -0.0162. The van der Waals surface area contributed by atoms with Gasteiger partial charge in [-0.2, -0.15) is 0 Å². The molecule has 0 amide bonds. The third kappa shape index (κ3) is 4.00. The van der Waals surface area contributed by atoms with Crippen LogP contribution in [0.4, 0.5) is 0 Å². The summed E-state index contributed by atoms with van der Waals surface area (Å²) in [5, 5.41) is 10.6. The topological polar surface area (TPSA) is 20.2 Å². The Labute approximate surface area is 131 Å². The highest BCUT2D eigenvalue weighted by Crippen LogP contribution is 2.55. The Hall–Kier alpha value is -0.560. The maximum absolute atomic E-state index is 10.6. The molecule has 1 fully saturated rings. The van der Waals surface area contributed by atoms with Crippen molar-refractivity contribution in [1.82, 2.24) is 0 Å². The number of aliphatic hydroxyl groups is 1. The fourth-order valence-electron chi connectivity index (χ4n) is 4.55. The highest BCUT2D eigenvalue weighted by molar-refractivity contribution is 5.10. The largest absolute Gasteiger partial charge is 0.390 e. The first-order valence-corrected chi connectivity index (χ1v) is 8.76. The summed E-state index contributed by atoms with van der Waals surface area (Å²) in [7, 11) is 0. The minimum absolute atomic E-state index is 0.372. The van der Waals surface area contributed by atoms with Gasteiger partial charge in [0.1, 0.15) is 0 Å². The van der Waals surface area contributed by atoms with Crippen molar-refractivity contribution < 1.29 is 5.11 Å². The van der Waals surface area contributed by atoms with Crippen LogP contribution in [-0.2, 0) is 0 Å². The second-order valence-electron chi connectivity index (χ2n) is 8.44. The van der Waals surface area contributed by atoms with Crippen molar-refractivity contribution >= 4 is 0 Å². The van der Waals surface area contributed by atoms with Crippen LogP contribution in [0.1, 0.15) is 79.6 Å². The number of fused-ring (bicyclic) bond motifs is 1. The normalized spacial score (nSPS) is 38.0.